The Hall–Kier alpha value is -4.12. The molecule has 4 N–H and O–H groups in total. The molecule has 0 aromatic carbocycles. The van der Waals surface area contributed by atoms with E-state index in [0.717, 1.165) is 6.92 Å². The van der Waals surface area contributed by atoms with Crippen LogP contribution in [0.2, 0.25) is 0 Å². The van der Waals surface area contributed by atoms with Crippen molar-refractivity contribution in [3.8, 4) is 0 Å². The Kier molecular flexibility index (Phi) is 15.6. The number of carbonyl (C=O) groups excluding carboxylic acids is 5. The fraction of sp³-hybridized carbons (Fsp3) is 0.742. The Balaban J connectivity index is 3.40. The van der Waals surface area contributed by atoms with E-state index in [0.29, 0.717) is 0 Å². The van der Waals surface area contributed by atoms with E-state index in [2.05, 4.69) is 10.6 Å². The molecule has 1 rings (SSSR count). The number of hydrogen-bond acceptors (Lipinski definition) is 14. The normalized spacial score (nSPS) is 18.2. The molecule has 17 heteroatoms. The first kappa shape index (κ1) is 41.9. The number of ketones is 1. The largest absolute Gasteiger partial charge is 0.509 e. The van der Waals surface area contributed by atoms with Gasteiger partial charge in [-0.3, -0.25) is 39.5 Å². The third-order valence-corrected chi connectivity index (χ3v) is 8.28. The van der Waals surface area contributed by atoms with E-state index < -0.39 is 82.6 Å². The average Bonchev–Trinajstić information content (AvgIpc) is 3.18. The summed E-state index contributed by atoms with van der Waals surface area (Å²) in [6.07, 6.45) is -3.84. The van der Waals surface area contributed by atoms with Crippen LogP contribution in [0.5, 0.6) is 0 Å². The minimum Gasteiger partial charge on any atom is -0.509 e. The highest BCUT2D eigenvalue weighted by Gasteiger charge is 2.49. The highest BCUT2D eigenvalue weighted by atomic mass is 16.6. The average molecular weight is 685 g/mol. The molecule has 0 aromatic heterocycles. The van der Waals surface area contributed by atoms with Gasteiger partial charge in [-0.2, -0.15) is 0 Å². The molecule has 1 aliphatic rings. The van der Waals surface area contributed by atoms with Crippen molar-refractivity contribution in [2.45, 2.75) is 111 Å². The van der Waals surface area contributed by atoms with E-state index in [4.69, 9.17) is 19.6 Å². The summed E-state index contributed by atoms with van der Waals surface area (Å²) in [5, 5.41) is 33.5. The van der Waals surface area contributed by atoms with E-state index in [9.17, 15) is 39.2 Å². The van der Waals surface area contributed by atoms with Crippen molar-refractivity contribution in [1.82, 2.24) is 20.3 Å². The number of ether oxygens (including phenoxy) is 3. The summed E-state index contributed by atoms with van der Waals surface area (Å²) in [5.41, 5.74) is -2.22. The second kappa shape index (κ2) is 17.9. The molecule has 48 heavy (non-hydrogen) atoms. The zero-order valence-corrected chi connectivity index (χ0v) is 29.7. The lowest BCUT2D eigenvalue weighted by molar-refractivity contribution is -0.179. The van der Waals surface area contributed by atoms with Crippen LogP contribution in [0.4, 0.5) is 0 Å². The Morgan fingerprint density at radius 3 is 2.15 bits per heavy atom. The number of nitroso groups, excluding NO2 is 1. The third-order valence-electron chi connectivity index (χ3n) is 8.28. The number of esters is 2. The van der Waals surface area contributed by atoms with E-state index in [-0.39, 0.29) is 42.9 Å². The van der Waals surface area contributed by atoms with Gasteiger partial charge in [0, 0.05) is 14.0 Å². The Labute approximate surface area is 281 Å². The van der Waals surface area contributed by atoms with Gasteiger partial charge in [0.2, 0.25) is 11.7 Å². The van der Waals surface area contributed by atoms with Gasteiger partial charge in [0.15, 0.2) is 12.0 Å². The van der Waals surface area contributed by atoms with Crippen molar-refractivity contribution in [1.29, 1.82) is 5.41 Å². The van der Waals surface area contributed by atoms with Crippen molar-refractivity contribution < 1.29 is 48.5 Å². The Morgan fingerprint density at radius 2 is 1.69 bits per heavy atom. The van der Waals surface area contributed by atoms with Crippen LogP contribution in [0.1, 0.15) is 74.7 Å². The zero-order valence-electron chi connectivity index (χ0n) is 29.7. The highest BCUT2D eigenvalue weighted by molar-refractivity contribution is 6.23. The predicted octanol–water partition coefficient (Wildman–Crippen LogP) is 2.11. The molecule has 272 valence electrons. The topological polar surface area (TPSA) is 229 Å². The van der Waals surface area contributed by atoms with E-state index >= 15 is 0 Å². The van der Waals surface area contributed by atoms with Crippen LogP contribution in [-0.4, -0.2) is 125 Å². The molecule has 0 spiro atoms. The maximum Gasteiger partial charge on any atom is 0.316 e. The van der Waals surface area contributed by atoms with Crippen LogP contribution in [0.3, 0.4) is 0 Å². The summed E-state index contributed by atoms with van der Waals surface area (Å²) in [4.78, 5) is 79.3. The first-order chi connectivity index (χ1) is 22.1. The highest BCUT2D eigenvalue weighted by Crippen LogP contribution is 2.33. The minimum absolute atomic E-state index is 0.0261. The van der Waals surface area contributed by atoms with Crippen molar-refractivity contribution in [2.24, 2.45) is 16.6 Å². The summed E-state index contributed by atoms with van der Waals surface area (Å²) in [6.45, 7) is 11.7. The second-order valence-electron chi connectivity index (χ2n) is 13.2. The predicted molar refractivity (Wildman–Crippen MR) is 172 cm³/mol. The van der Waals surface area contributed by atoms with Crippen LogP contribution in [0.25, 0.3) is 0 Å². The summed E-state index contributed by atoms with van der Waals surface area (Å²) < 4.78 is 16.9. The molecule has 0 radical (unpaired) electrons. The maximum atomic E-state index is 13.8. The molecule has 0 saturated carbocycles. The van der Waals surface area contributed by atoms with Crippen LogP contribution in [-0.2, 0) is 38.2 Å². The van der Waals surface area contributed by atoms with Crippen molar-refractivity contribution in [2.75, 3.05) is 27.7 Å². The molecule has 6 atom stereocenters. The molecular weight excluding hydrogens is 632 g/mol. The van der Waals surface area contributed by atoms with Gasteiger partial charge in [0.25, 0.3) is 5.91 Å². The standard InChI is InChI=1S/C31H52N6O11/c1-16(2)26(25(41)23-24(40)18(4)36(11)29(23)42)48-30(43)31(7,8)27(47-20(6)38)21(13-12-14-37(45)34-44)33-22(39)15-17(3)46-28(32)19(5)35(9)10/h16-19,21,26-27,32,40,45H,12-15H2,1-11H3,(H,33,39)/t17-,18+,19+,21+,26+,27+/m1/s1. The number of hydrogen-bond donors (Lipinski definition) is 4. The molecule has 2 amide bonds. The fourth-order valence-electron chi connectivity index (χ4n) is 4.93. The first-order valence-corrected chi connectivity index (χ1v) is 15.7. The monoisotopic (exact) mass is 684 g/mol. The summed E-state index contributed by atoms with van der Waals surface area (Å²) in [6, 6.07) is -2.20. The van der Waals surface area contributed by atoms with Crippen LogP contribution in [0, 0.1) is 21.6 Å². The van der Waals surface area contributed by atoms with Gasteiger partial charge >= 0.3 is 11.9 Å². The SMILES string of the molecule is CC(=O)O[C@@H]([C@H](CCCN(O)N=O)NC(=O)C[C@@H](C)OC(=N)[C@H](C)N(C)C)C(C)(C)C(=O)O[C@H](C(=O)C1=C(O)[C@H](C)N(C)C1=O)C(C)C. The number of hydroxylamine groups is 1. The van der Waals surface area contributed by atoms with Crippen LogP contribution >= 0.6 is 0 Å². The molecule has 0 fully saturated rings. The number of aliphatic hydroxyl groups excluding tert-OH is 1. The number of nitrogens with one attached hydrogen (secondary N) is 2. The molecule has 0 aliphatic carbocycles. The van der Waals surface area contributed by atoms with Gasteiger partial charge in [-0.15, -0.1) is 10.1 Å². The number of aliphatic hydroxyl groups is 1. The Morgan fingerprint density at radius 1 is 1.10 bits per heavy atom. The van der Waals surface area contributed by atoms with E-state index in [1.165, 1.54) is 32.7 Å². The number of Topliss-reactive ketones (excluding diaryl/α,β-unsaturated/α-hetero) is 1. The Bertz CT molecular complexity index is 1250. The molecule has 0 saturated heterocycles. The fourth-order valence-corrected chi connectivity index (χ4v) is 4.93. The third kappa shape index (κ3) is 11.0. The minimum atomic E-state index is -1.73. The van der Waals surface area contributed by atoms with E-state index in [1.807, 2.05) is 0 Å². The molecule has 0 bridgehead atoms. The van der Waals surface area contributed by atoms with Crippen molar-refractivity contribution >= 4 is 35.4 Å². The molecule has 0 aromatic rings. The lowest BCUT2D eigenvalue weighted by atomic mass is 9.80. The molecule has 17 nitrogen and oxygen atoms in total. The molecular formula is C31H52N6O11. The number of amides is 2. The van der Waals surface area contributed by atoms with Crippen molar-refractivity contribution in [3.63, 3.8) is 0 Å². The smallest absolute Gasteiger partial charge is 0.316 e. The number of carbonyl (C=O) groups is 5. The van der Waals surface area contributed by atoms with Gasteiger partial charge in [-0.1, -0.05) is 13.8 Å². The number of likely N-dealkylation sites (N-methyl/N-ethyl adjacent to an activating group) is 2. The summed E-state index contributed by atoms with van der Waals surface area (Å²) in [7, 11) is 4.96. The van der Waals surface area contributed by atoms with Crippen LogP contribution in [0.15, 0.2) is 16.6 Å². The number of rotatable bonds is 19. The van der Waals surface area contributed by atoms with Gasteiger partial charge in [0.05, 0.1) is 36.4 Å². The first-order valence-electron chi connectivity index (χ1n) is 15.7. The lowest BCUT2D eigenvalue weighted by Gasteiger charge is -2.38. The summed E-state index contributed by atoms with van der Waals surface area (Å²) >= 11 is 0. The van der Waals surface area contributed by atoms with E-state index in [1.54, 1.807) is 46.7 Å². The number of nitrogens with zero attached hydrogens (tertiary/aromatic N) is 4. The van der Waals surface area contributed by atoms with Gasteiger partial charge in [0.1, 0.15) is 29.0 Å². The molecule has 1 aliphatic heterocycles. The van der Waals surface area contributed by atoms with Crippen molar-refractivity contribution in [3.05, 3.63) is 16.2 Å². The molecule has 1 heterocycles. The quantitative estimate of drug-likeness (QED) is 0.0382. The lowest BCUT2D eigenvalue weighted by Crippen LogP contribution is -2.55. The van der Waals surface area contributed by atoms with Crippen LogP contribution < -0.4 is 5.32 Å². The molecule has 0 unspecified atom stereocenters. The van der Waals surface area contributed by atoms with Gasteiger partial charge in [-0.25, -0.2) is 0 Å². The zero-order chi connectivity index (χ0) is 37.3. The second-order valence-corrected chi connectivity index (χ2v) is 13.2. The van der Waals surface area contributed by atoms with Gasteiger partial charge < -0.3 is 29.5 Å². The maximum absolute atomic E-state index is 13.8. The van der Waals surface area contributed by atoms with Gasteiger partial charge in [-0.05, 0) is 67.5 Å². The summed E-state index contributed by atoms with van der Waals surface area (Å²) in [5.74, 6) is -5.15.